The van der Waals surface area contributed by atoms with Gasteiger partial charge in [-0.2, -0.15) is 0 Å². The molecule has 0 saturated carbocycles. The third-order valence-electron chi connectivity index (χ3n) is 2.32. The predicted molar refractivity (Wildman–Crippen MR) is 72.4 cm³/mol. The van der Waals surface area contributed by atoms with E-state index in [2.05, 4.69) is 13.2 Å². The van der Waals surface area contributed by atoms with Gasteiger partial charge >= 0.3 is 5.97 Å². The van der Waals surface area contributed by atoms with Crippen molar-refractivity contribution in [3.63, 3.8) is 0 Å². The lowest BCUT2D eigenvalue weighted by Gasteiger charge is -2.08. The molecule has 0 unspecified atom stereocenters. The zero-order valence-corrected chi connectivity index (χ0v) is 11.7. The molecule has 0 saturated heterocycles. The molecule has 1 N–H and O–H groups in total. The third-order valence-corrected chi connectivity index (χ3v) is 2.32. The Morgan fingerprint density at radius 2 is 1.89 bits per heavy atom. The number of hydrogen-bond acceptors (Lipinski definition) is 5. The molecule has 19 heavy (non-hydrogen) atoms. The van der Waals surface area contributed by atoms with Gasteiger partial charge in [0.05, 0.1) is 13.2 Å². The van der Waals surface area contributed by atoms with E-state index in [0.29, 0.717) is 19.0 Å². The number of hydrogen-bond donors (Lipinski definition) is 1. The molecule has 0 amide bonds. The zero-order valence-electron chi connectivity index (χ0n) is 11.7. The van der Waals surface area contributed by atoms with Gasteiger partial charge in [0.15, 0.2) is 6.79 Å². The van der Waals surface area contributed by atoms with Crippen LogP contribution in [0.5, 0.6) is 0 Å². The highest BCUT2D eigenvalue weighted by molar-refractivity contribution is 5.66. The first-order valence-electron chi connectivity index (χ1n) is 6.35. The highest BCUT2D eigenvalue weighted by Crippen LogP contribution is 2.08. The maximum atomic E-state index is 10.6. The molecule has 0 radical (unpaired) electrons. The summed E-state index contributed by atoms with van der Waals surface area (Å²) < 4.78 is 15.0. The largest absolute Gasteiger partial charge is 0.470 e. The molecule has 0 rings (SSSR count). The Labute approximate surface area is 114 Å². The predicted octanol–water partition coefficient (Wildman–Crippen LogP) is 2.16. The standard InChI is InChI=1S/C14H24O5/c1-12(10-18-14(3)16)7-5-4-6-8-17-11-19-13(2)9-15/h15H,1-2,4-11H2,3H3. The minimum Gasteiger partial charge on any atom is -0.470 e. The number of aliphatic hydroxyl groups is 1. The smallest absolute Gasteiger partial charge is 0.302 e. The Morgan fingerprint density at radius 1 is 1.16 bits per heavy atom. The van der Waals surface area contributed by atoms with Crippen LogP contribution >= 0.6 is 0 Å². The van der Waals surface area contributed by atoms with Gasteiger partial charge in [0, 0.05) is 6.92 Å². The molecule has 0 aromatic carbocycles. The van der Waals surface area contributed by atoms with Gasteiger partial charge in [-0.15, -0.1) is 0 Å². The molecule has 0 bridgehead atoms. The normalized spacial score (nSPS) is 10.0. The van der Waals surface area contributed by atoms with Gasteiger partial charge in [0.25, 0.3) is 0 Å². The van der Waals surface area contributed by atoms with E-state index in [9.17, 15) is 4.79 Å². The molecule has 0 atom stereocenters. The van der Waals surface area contributed by atoms with E-state index in [1.165, 1.54) is 6.92 Å². The molecule has 0 aromatic heterocycles. The van der Waals surface area contributed by atoms with Gasteiger partial charge in [0.1, 0.15) is 12.4 Å². The third kappa shape index (κ3) is 12.9. The van der Waals surface area contributed by atoms with Gasteiger partial charge in [0.2, 0.25) is 0 Å². The number of carbonyl (C=O) groups is 1. The van der Waals surface area contributed by atoms with Gasteiger partial charge in [-0.05, 0) is 24.8 Å². The van der Waals surface area contributed by atoms with E-state index in [0.717, 1.165) is 31.3 Å². The molecule has 5 nitrogen and oxygen atoms in total. The summed E-state index contributed by atoms with van der Waals surface area (Å²) in [6.45, 7) is 9.55. The number of carbonyl (C=O) groups excluding carboxylic acids is 1. The summed E-state index contributed by atoms with van der Waals surface area (Å²) in [5.41, 5.74) is 0.929. The maximum absolute atomic E-state index is 10.6. The first-order valence-corrected chi connectivity index (χ1v) is 6.35. The van der Waals surface area contributed by atoms with Crippen LogP contribution in [-0.2, 0) is 19.0 Å². The molecule has 0 aromatic rings. The van der Waals surface area contributed by atoms with Crippen LogP contribution in [0.1, 0.15) is 32.6 Å². The Hall–Kier alpha value is -1.33. The lowest BCUT2D eigenvalue weighted by Crippen LogP contribution is -2.04. The van der Waals surface area contributed by atoms with E-state index in [4.69, 9.17) is 19.3 Å². The summed E-state index contributed by atoms with van der Waals surface area (Å²) in [6.07, 6.45) is 3.79. The summed E-state index contributed by atoms with van der Waals surface area (Å²) in [5, 5.41) is 8.62. The van der Waals surface area contributed by atoms with E-state index in [1.54, 1.807) is 0 Å². The number of esters is 1. The SMILES string of the molecule is C=C(CCCCCOCOC(=C)CO)COC(C)=O. The second-order valence-corrected chi connectivity index (χ2v) is 4.21. The highest BCUT2D eigenvalue weighted by atomic mass is 16.7. The quantitative estimate of drug-likeness (QED) is 0.194. The van der Waals surface area contributed by atoms with Gasteiger partial charge in [-0.1, -0.05) is 19.6 Å². The topological polar surface area (TPSA) is 65.0 Å². The molecule has 0 aliphatic rings. The van der Waals surface area contributed by atoms with Crippen molar-refractivity contribution in [2.75, 3.05) is 26.6 Å². The average Bonchev–Trinajstić information content (AvgIpc) is 2.38. The Kier molecular flexibility index (Phi) is 10.9. The highest BCUT2D eigenvalue weighted by Gasteiger charge is 1.98. The fraction of sp³-hybridized carbons (Fsp3) is 0.643. The van der Waals surface area contributed by atoms with Crippen LogP contribution in [0.3, 0.4) is 0 Å². The van der Waals surface area contributed by atoms with Crippen LogP contribution < -0.4 is 0 Å². The van der Waals surface area contributed by atoms with Crippen molar-refractivity contribution < 1.29 is 24.1 Å². The van der Waals surface area contributed by atoms with Gasteiger partial charge in [-0.25, -0.2) is 0 Å². The van der Waals surface area contributed by atoms with E-state index in [-0.39, 0.29) is 19.4 Å². The van der Waals surface area contributed by atoms with E-state index >= 15 is 0 Å². The van der Waals surface area contributed by atoms with Crippen LogP contribution in [0.4, 0.5) is 0 Å². The lowest BCUT2D eigenvalue weighted by atomic mass is 10.1. The van der Waals surface area contributed by atoms with Crippen LogP contribution in [0.25, 0.3) is 0 Å². The number of ether oxygens (including phenoxy) is 3. The van der Waals surface area contributed by atoms with Crippen LogP contribution in [0.15, 0.2) is 24.5 Å². The van der Waals surface area contributed by atoms with Crippen molar-refractivity contribution in [1.82, 2.24) is 0 Å². The van der Waals surface area contributed by atoms with Crippen molar-refractivity contribution in [1.29, 1.82) is 0 Å². The van der Waals surface area contributed by atoms with Gasteiger partial charge in [-0.3, -0.25) is 4.79 Å². The molecule has 0 heterocycles. The second kappa shape index (κ2) is 11.7. The second-order valence-electron chi connectivity index (χ2n) is 4.21. The Balaban J connectivity index is 3.24. The zero-order chi connectivity index (χ0) is 14.5. The van der Waals surface area contributed by atoms with Crippen molar-refractivity contribution in [2.45, 2.75) is 32.6 Å². The lowest BCUT2D eigenvalue weighted by molar-refractivity contribution is -0.140. The minimum absolute atomic E-state index is 0.124. The average molecular weight is 272 g/mol. The molecule has 0 fully saturated rings. The first-order chi connectivity index (χ1) is 9.06. The number of aliphatic hydroxyl groups excluding tert-OH is 1. The molecular weight excluding hydrogens is 248 g/mol. The Bertz CT molecular complexity index is 286. The van der Waals surface area contributed by atoms with Crippen LogP contribution in [0, 0.1) is 0 Å². The van der Waals surface area contributed by atoms with Crippen molar-refractivity contribution in [3.05, 3.63) is 24.5 Å². The van der Waals surface area contributed by atoms with Crippen molar-refractivity contribution in [3.8, 4) is 0 Å². The summed E-state index contributed by atoms with van der Waals surface area (Å²) >= 11 is 0. The minimum atomic E-state index is -0.279. The van der Waals surface area contributed by atoms with Crippen LogP contribution in [-0.4, -0.2) is 37.7 Å². The number of rotatable bonds is 12. The molecule has 5 heteroatoms. The molecule has 0 aliphatic heterocycles. The summed E-state index contributed by atoms with van der Waals surface area (Å²) in [5.74, 6) is 0.0285. The molecule has 110 valence electrons. The monoisotopic (exact) mass is 272 g/mol. The number of unbranched alkanes of at least 4 members (excludes halogenated alkanes) is 2. The fourth-order valence-corrected chi connectivity index (χ4v) is 1.26. The van der Waals surface area contributed by atoms with Crippen LogP contribution in [0.2, 0.25) is 0 Å². The van der Waals surface area contributed by atoms with Gasteiger partial charge < -0.3 is 19.3 Å². The Morgan fingerprint density at radius 3 is 2.53 bits per heavy atom. The van der Waals surface area contributed by atoms with E-state index < -0.39 is 0 Å². The maximum Gasteiger partial charge on any atom is 0.302 e. The fourth-order valence-electron chi connectivity index (χ4n) is 1.26. The molecule has 0 aliphatic carbocycles. The van der Waals surface area contributed by atoms with Crippen molar-refractivity contribution >= 4 is 5.97 Å². The summed E-state index contributed by atoms with van der Waals surface area (Å²) in [6, 6.07) is 0. The summed E-state index contributed by atoms with van der Waals surface area (Å²) in [7, 11) is 0. The first kappa shape index (κ1) is 17.7. The van der Waals surface area contributed by atoms with E-state index in [1.807, 2.05) is 0 Å². The van der Waals surface area contributed by atoms with Crippen molar-refractivity contribution in [2.24, 2.45) is 0 Å². The molecule has 0 spiro atoms. The summed E-state index contributed by atoms with van der Waals surface area (Å²) in [4.78, 5) is 10.6. The molecular formula is C14H24O5.